The molecule has 140 valence electrons. The van der Waals surface area contributed by atoms with Gasteiger partial charge < -0.3 is 19.8 Å². The molecule has 2 amide bonds. The molecule has 0 fully saturated rings. The Morgan fingerprint density at radius 2 is 1.89 bits per heavy atom. The Labute approximate surface area is 160 Å². The van der Waals surface area contributed by atoms with Gasteiger partial charge in [0.2, 0.25) is 0 Å². The summed E-state index contributed by atoms with van der Waals surface area (Å²) in [7, 11) is 1.50. The summed E-state index contributed by atoms with van der Waals surface area (Å²) in [5.41, 5.74) is 2.48. The largest absolute Gasteiger partial charge is 0.495 e. The van der Waals surface area contributed by atoms with Gasteiger partial charge in [0.1, 0.15) is 16.9 Å². The summed E-state index contributed by atoms with van der Waals surface area (Å²) in [6.45, 7) is 0.208. The number of nitrogens with zero attached hydrogens (tertiary/aromatic N) is 1. The monoisotopic (exact) mass is 375 g/mol. The second-order valence-corrected chi connectivity index (χ2v) is 6.14. The van der Waals surface area contributed by atoms with Crippen LogP contribution in [0.2, 0.25) is 0 Å². The van der Waals surface area contributed by atoms with E-state index in [9.17, 15) is 9.59 Å². The molecule has 4 aromatic rings. The number of benzene rings is 2. The summed E-state index contributed by atoms with van der Waals surface area (Å²) < 4.78 is 11.2. The lowest BCUT2D eigenvalue weighted by atomic mass is 10.1. The van der Waals surface area contributed by atoms with Gasteiger partial charge in [0, 0.05) is 35.8 Å². The maximum atomic E-state index is 12.3. The second-order valence-electron chi connectivity index (χ2n) is 6.14. The van der Waals surface area contributed by atoms with E-state index < -0.39 is 11.8 Å². The van der Waals surface area contributed by atoms with Crippen molar-refractivity contribution in [3.8, 4) is 5.75 Å². The minimum atomic E-state index is -0.794. The molecule has 0 saturated carbocycles. The Bertz CT molecular complexity index is 1170. The zero-order chi connectivity index (χ0) is 19.5. The van der Waals surface area contributed by atoms with Crippen LogP contribution in [0.1, 0.15) is 5.56 Å². The summed E-state index contributed by atoms with van der Waals surface area (Å²) >= 11 is 0. The van der Waals surface area contributed by atoms with Crippen molar-refractivity contribution in [1.82, 2.24) is 10.3 Å². The molecule has 2 heterocycles. The van der Waals surface area contributed by atoms with Crippen molar-refractivity contribution in [3.63, 3.8) is 0 Å². The lowest BCUT2D eigenvalue weighted by Crippen LogP contribution is -2.35. The number of carbonyl (C=O) groups excluding carboxylic acids is 2. The molecule has 7 nitrogen and oxygen atoms in total. The fraction of sp³-hybridized carbons (Fsp3) is 0.0952. The molecule has 0 atom stereocenters. The minimum Gasteiger partial charge on any atom is -0.495 e. The number of pyridine rings is 1. The van der Waals surface area contributed by atoms with Crippen LogP contribution < -0.4 is 15.4 Å². The van der Waals surface area contributed by atoms with Crippen molar-refractivity contribution in [2.75, 3.05) is 12.4 Å². The SMILES string of the molecule is COc1cc2c(cc1NC(=O)C(=O)NCc1cccnc1)oc1ccccc12. The van der Waals surface area contributed by atoms with Crippen molar-refractivity contribution in [1.29, 1.82) is 0 Å². The Morgan fingerprint density at radius 3 is 2.68 bits per heavy atom. The van der Waals surface area contributed by atoms with Crippen LogP contribution in [0.4, 0.5) is 5.69 Å². The van der Waals surface area contributed by atoms with Crippen molar-refractivity contribution < 1.29 is 18.7 Å². The maximum Gasteiger partial charge on any atom is 0.313 e. The molecule has 0 radical (unpaired) electrons. The van der Waals surface area contributed by atoms with E-state index in [0.717, 1.165) is 21.9 Å². The standard InChI is InChI=1S/C21H17N3O4/c1-27-19-9-15-14-6-2-3-7-17(14)28-18(15)10-16(19)24-21(26)20(25)23-12-13-5-4-8-22-11-13/h2-11H,12H2,1H3,(H,23,25)(H,24,26). The summed E-state index contributed by atoms with van der Waals surface area (Å²) in [6, 6.07) is 14.6. The van der Waals surface area contributed by atoms with E-state index in [-0.39, 0.29) is 6.54 Å². The number of para-hydroxylation sites is 1. The molecule has 0 aliphatic rings. The zero-order valence-corrected chi connectivity index (χ0v) is 15.1. The number of amides is 2. The van der Waals surface area contributed by atoms with E-state index in [2.05, 4.69) is 15.6 Å². The first kappa shape index (κ1) is 17.5. The van der Waals surface area contributed by atoms with E-state index >= 15 is 0 Å². The van der Waals surface area contributed by atoms with Crippen molar-refractivity contribution in [2.24, 2.45) is 0 Å². The van der Waals surface area contributed by atoms with Crippen LogP contribution in [0.15, 0.2) is 65.3 Å². The van der Waals surface area contributed by atoms with Gasteiger partial charge in [-0.1, -0.05) is 24.3 Å². The summed E-state index contributed by atoms with van der Waals surface area (Å²) in [5.74, 6) is -1.11. The van der Waals surface area contributed by atoms with Crippen LogP contribution >= 0.6 is 0 Å². The lowest BCUT2D eigenvalue weighted by molar-refractivity contribution is -0.136. The number of fused-ring (bicyclic) bond motifs is 3. The molecule has 28 heavy (non-hydrogen) atoms. The first-order valence-corrected chi connectivity index (χ1v) is 8.63. The molecule has 0 aliphatic heterocycles. The van der Waals surface area contributed by atoms with Gasteiger partial charge in [-0.3, -0.25) is 14.6 Å². The minimum absolute atomic E-state index is 0.208. The summed E-state index contributed by atoms with van der Waals surface area (Å²) in [4.78, 5) is 28.4. The fourth-order valence-electron chi connectivity index (χ4n) is 2.96. The second kappa shape index (κ2) is 7.40. The average molecular weight is 375 g/mol. The van der Waals surface area contributed by atoms with E-state index in [1.54, 1.807) is 30.6 Å². The number of hydrogen-bond donors (Lipinski definition) is 2. The van der Waals surface area contributed by atoms with Crippen LogP contribution in [-0.2, 0) is 16.1 Å². The molecule has 0 unspecified atom stereocenters. The predicted octanol–water partition coefficient (Wildman–Crippen LogP) is 3.24. The van der Waals surface area contributed by atoms with Crippen LogP contribution in [0.5, 0.6) is 5.75 Å². The average Bonchev–Trinajstić information content (AvgIpc) is 3.09. The highest BCUT2D eigenvalue weighted by Crippen LogP contribution is 2.36. The molecular weight excluding hydrogens is 358 g/mol. The topological polar surface area (TPSA) is 93.5 Å². The van der Waals surface area contributed by atoms with Crippen LogP contribution in [-0.4, -0.2) is 23.9 Å². The number of furan rings is 1. The number of hydrogen-bond acceptors (Lipinski definition) is 5. The van der Waals surface area contributed by atoms with Gasteiger partial charge in [-0.15, -0.1) is 0 Å². The normalized spacial score (nSPS) is 10.8. The predicted molar refractivity (Wildman–Crippen MR) is 105 cm³/mol. The van der Waals surface area contributed by atoms with E-state index in [4.69, 9.17) is 9.15 Å². The Balaban J connectivity index is 1.55. The molecule has 2 aromatic carbocycles. The molecule has 4 rings (SSSR count). The third-order valence-electron chi connectivity index (χ3n) is 4.33. The Hall–Kier alpha value is -3.87. The molecule has 2 N–H and O–H groups in total. The third-order valence-corrected chi connectivity index (χ3v) is 4.33. The maximum absolute atomic E-state index is 12.3. The lowest BCUT2D eigenvalue weighted by Gasteiger charge is -2.10. The smallest absolute Gasteiger partial charge is 0.313 e. The highest BCUT2D eigenvalue weighted by atomic mass is 16.5. The number of anilines is 1. The highest BCUT2D eigenvalue weighted by Gasteiger charge is 2.18. The molecule has 7 heteroatoms. The van der Waals surface area contributed by atoms with Crippen molar-refractivity contribution >= 4 is 39.4 Å². The fourth-order valence-corrected chi connectivity index (χ4v) is 2.96. The van der Waals surface area contributed by atoms with Crippen molar-refractivity contribution in [2.45, 2.75) is 6.54 Å². The van der Waals surface area contributed by atoms with E-state index in [1.165, 1.54) is 7.11 Å². The molecule has 2 aromatic heterocycles. The van der Waals surface area contributed by atoms with Crippen LogP contribution in [0, 0.1) is 0 Å². The molecule has 0 aliphatic carbocycles. The number of ether oxygens (including phenoxy) is 1. The molecule has 0 spiro atoms. The van der Waals surface area contributed by atoms with Crippen molar-refractivity contribution in [3.05, 3.63) is 66.5 Å². The highest BCUT2D eigenvalue weighted by molar-refractivity contribution is 6.39. The van der Waals surface area contributed by atoms with Gasteiger partial charge in [0.25, 0.3) is 0 Å². The summed E-state index contributed by atoms with van der Waals surface area (Å²) in [6.07, 6.45) is 3.26. The first-order valence-electron chi connectivity index (χ1n) is 8.63. The van der Waals surface area contributed by atoms with Gasteiger partial charge in [-0.25, -0.2) is 0 Å². The number of carbonyl (C=O) groups is 2. The quantitative estimate of drug-likeness (QED) is 0.534. The van der Waals surface area contributed by atoms with Gasteiger partial charge in [-0.05, 0) is 23.8 Å². The molecule has 0 bridgehead atoms. The summed E-state index contributed by atoms with van der Waals surface area (Å²) in [5, 5.41) is 6.96. The van der Waals surface area contributed by atoms with E-state index in [1.807, 2.05) is 30.3 Å². The van der Waals surface area contributed by atoms with Gasteiger partial charge in [0.05, 0.1) is 12.8 Å². The van der Waals surface area contributed by atoms with Crippen LogP contribution in [0.25, 0.3) is 21.9 Å². The Kier molecular flexibility index (Phi) is 4.63. The zero-order valence-electron chi connectivity index (χ0n) is 15.1. The van der Waals surface area contributed by atoms with Gasteiger partial charge in [0.15, 0.2) is 0 Å². The Morgan fingerprint density at radius 1 is 1.04 bits per heavy atom. The molecule has 0 saturated heterocycles. The number of aromatic nitrogens is 1. The molecular formula is C21H17N3O4. The number of rotatable bonds is 4. The van der Waals surface area contributed by atoms with Crippen LogP contribution in [0.3, 0.4) is 0 Å². The van der Waals surface area contributed by atoms with E-state index in [0.29, 0.717) is 17.0 Å². The number of nitrogens with one attached hydrogen (secondary N) is 2. The third kappa shape index (κ3) is 3.37. The van der Waals surface area contributed by atoms with Gasteiger partial charge in [-0.2, -0.15) is 0 Å². The first-order chi connectivity index (χ1) is 13.7. The van der Waals surface area contributed by atoms with Gasteiger partial charge >= 0.3 is 11.8 Å². The number of methoxy groups -OCH3 is 1.